The smallest absolute Gasteiger partial charge is 0.331 e. The lowest BCUT2D eigenvalue weighted by atomic mass is 9.89. The summed E-state index contributed by atoms with van der Waals surface area (Å²) in [5.41, 5.74) is 1.25. The number of carbonyl (C=O) groups is 2. The topological polar surface area (TPSA) is 46.6 Å². The van der Waals surface area contributed by atoms with Crippen LogP contribution in [0.25, 0.3) is 0 Å². The summed E-state index contributed by atoms with van der Waals surface area (Å²) >= 11 is 0. The van der Waals surface area contributed by atoms with Crippen molar-refractivity contribution in [2.75, 3.05) is 6.61 Å². The van der Waals surface area contributed by atoms with E-state index in [2.05, 4.69) is 0 Å². The Bertz CT molecular complexity index is 789. The minimum absolute atomic E-state index is 0.0526. The lowest BCUT2D eigenvalue weighted by Gasteiger charge is -2.43. The van der Waals surface area contributed by atoms with Crippen LogP contribution in [0.15, 0.2) is 60.7 Å². The molecule has 0 N–H and O–H groups in total. The molecule has 2 heterocycles. The molecule has 1 amide bonds. The number of fused-ring (bicyclic) bond motifs is 1. The zero-order valence-corrected chi connectivity index (χ0v) is 14.2. The lowest BCUT2D eigenvalue weighted by Crippen LogP contribution is -2.57. The molecular formula is C21H21NO3. The molecule has 2 saturated heterocycles. The summed E-state index contributed by atoms with van der Waals surface area (Å²) < 4.78 is 5.48. The van der Waals surface area contributed by atoms with Gasteiger partial charge in [0.1, 0.15) is 12.1 Å². The summed E-state index contributed by atoms with van der Waals surface area (Å²) in [6, 6.07) is 19.6. The molecule has 0 bridgehead atoms. The van der Waals surface area contributed by atoms with Crippen molar-refractivity contribution in [1.82, 2.24) is 4.90 Å². The van der Waals surface area contributed by atoms with Crippen LogP contribution in [-0.2, 0) is 20.7 Å². The molecule has 2 fully saturated rings. The first-order valence-corrected chi connectivity index (χ1v) is 8.69. The predicted molar refractivity (Wildman–Crippen MR) is 93.6 cm³/mol. The number of cyclic esters (lactones) is 1. The highest BCUT2D eigenvalue weighted by molar-refractivity contribution is 5.94. The Kier molecular flexibility index (Phi) is 3.83. The van der Waals surface area contributed by atoms with Gasteiger partial charge in [0.05, 0.1) is 6.04 Å². The van der Waals surface area contributed by atoms with Crippen LogP contribution in [0.2, 0.25) is 0 Å². The van der Waals surface area contributed by atoms with E-state index in [-0.39, 0.29) is 30.4 Å². The lowest BCUT2D eigenvalue weighted by molar-refractivity contribution is -0.175. The van der Waals surface area contributed by atoms with Crippen molar-refractivity contribution in [1.29, 1.82) is 0 Å². The summed E-state index contributed by atoms with van der Waals surface area (Å²) in [7, 11) is 0. The Morgan fingerprint density at radius 2 is 1.68 bits per heavy atom. The minimum Gasteiger partial charge on any atom is -0.461 e. The van der Waals surface area contributed by atoms with Crippen molar-refractivity contribution >= 4 is 11.9 Å². The maximum atomic E-state index is 13.2. The normalized spacial score (nSPS) is 28.6. The van der Waals surface area contributed by atoms with E-state index in [9.17, 15) is 9.59 Å². The Hall–Kier alpha value is -2.62. The molecule has 2 aliphatic heterocycles. The molecule has 2 aromatic rings. The maximum absolute atomic E-state index is 13.2. The molecule has 128 valence electrons. The summed E-state index contributed by atoms with van der Waals surface area (Å²) in [5, 5.41) is 0. The number of amides is 1. The number of esters is 1. The molecule has 0 unspecified atom stereocenters. The molecule has 0 aromatic heterocycles. The third kappa shape index (κ3) is 2.62. The number of carbonyl (C=O) groups excluding carboxylic acids is 2. The zero-order valence-electron chi connectivity index (χ0n) is 14.2. The predicted octanol–water partition coefficient (Wildman–Crippen LogP) is 3.13. The van der Waals surface area contributed by atoms with E-state index in [1.54, 1.807) is 4.90 Å². The van der Waals surface area contributed by atoms with E-state index < -0.39 is 5.54 Å². The first kappa shape index (κ1) is 15.9. The number of nitrogens with zero attached hydrogens (tertiary/aromatic N) is 1. The maximum Gasteiger partial charge on any atom is 0.331 e. The van der Waals surface area contributed by atoms with E-state index in [0.29, 0.717) is 12.8 Å². The fourth-order valence-electron chi connectivity index (χ4n) is 4.15. The molecule has 0 spiro atoms. The zero-order chi connectivity index (χ0) is 17.4. The van der Waals surface area contributed by atoms with Gasteiger partial charge in [-0.05, 0) is 30.9 Å². The Balaban J connectivity index is 1.67. The average molecular weight is 335 g/mol. The quantitative estimate of drug-likeness (QED) is 0.810. The molecule has 0 saturated carbocycles. The van der Waals surface area contributed by atoms with Gasteiger partial charge < -0.3 is 9.64 Å². The van der Waals surface area contributed by atoms with Crippen molar-refractivity contribution in [3.05, 3.63) is 71.8 Å². The van der Waals surface area contributed by atoms with Crippen LogP contribution in [0.4, 0.5) is 0 Å². The summed E-state index contributed by atoms with van der Waals surface area (Å²) in [4.78, 5) is 27.5. The second-order valence-corrected chi connectivity index (χ2v) is 7.10. The average Bonchev–Trinajstić information content (AvgIpc) is 2.90. The summed E-state index contributed by atoms with van der Waals surface area (Å²) in [5.74, 6) is -0.426. The van der Waals surface area contributed by atoms with E-state index in [0.717, 1.165) is 11.1 Å². The van der Waals surface area contributed by atoms with Crippen molar-refractivity contribution in [3.8, 4) is 0 Å². The first-order chi connectivity index (χ1) is 12.1. The van der Waals surface area contributed by atoms with E-state index >= 15 is 0 Å². The van der Waals surface area contributed by atoms with Gasteiger partial charge in [0.2, 0.25) is 5.91 Å². The number of hydrogen-bond acceptors (Lipinski definition) is 3. The first-order valence-electron chi connectivity index (χ1n) is 8.69. The van der Waals surface area contributed by atoms with E-state index in [1.165, 1.54) is 0 Å². The van der Waals surface area contributed by atoms with Crippen LogP contribution in [0.1, 0.15) is 30.5 Å². The van der Waals surface area contributed by atoms with Crippen molar-refractivity contribution in [2.24, 2.45) is 5.92 Å². The van der Waals surface area contributed by atoms with Crippen molar-refractivity contribution in [3.63, 3.8) is 0 Å². The Labute approximate surface area is 147 Å². The standard InChI is InChI=1S/C21H21NO3/c1-21-13-17(12-15-8-4-2-5-9-15)19(23)22(21)18(14-25-20(21)24)16-10-6-3-7-11-16/h2-11,17-18H,12-14H2,1H3/t17-,18+,21-/m0/s1. The molecule has 0 aliphatic carbocycles. The van der Waals surface area contributed by atoms with E-state index in [4.69, 9.17) is 4.74 Å². The Morgan fingerprint density at radius 1 is 1.04 bits per heavy atom. The number of benzene rings is 2. The van der Waals surface area contributed by atoms with Crippen molar-refractivity contribution in [2.45, 2.75) is 31.3 Å². The van der Waals surface area contributed by atoms with Gasteiger partial charge in [-0.25, -0.2) is 4.79 Å². The van der Waals surface area contributed by atoms with Gasteiger partial charge in [0, 0.05) is 5.92 Å². The van der Waals surface area contributed by atoms with Crippen LogP contribution < -0.4 is 0 Å². The van der Waals surface area contributed by atoms with Gasteiger partial charge in [0.15, 0.2) is 0 Å². The molecular weight excluding hydrogens is 314 g/mol. The highest BCUT2D eigenvalue weighted by Gasteiger charge is 2.58. The van der Waals surface area contributed by atoms with Gasteiger partial charge >= 0.3 is 5.97 Å². The van der Waals surface area contributed by atoms with E-state index in [1.807, 2.05) is 67.6 Å². The fourth-order valence-corrected chi connectivity index (χ4v) is 4.15. The third-order valence-corrected chi connectivity index (χ3v) is 5.40. The van der Waals surface area contributed by atoms with Crippen LogP contribution in [0.3, 0.4) is 0 Å². The number of morpholine rings is 1. The number of rotatable bonds is 3. The van der Waals surface area contributed by atoms with Gasteiger partial charge in [-0.3, -0.25) is 4.79 Å². The SMILES string of the molecule is C[C@@]12C[C@H](Cc3ccccc3)C(=O)N1[C@@H](c1ccccc1)COC2=O. The molecule has 3 atom stereocenters. The molecule has 4 rings (SSSR count). The summed E-state index contributed by atoms with van der Waals surface area (Å²) in [6.45, 7) is 2.07. The molecule has 4 nitrogen and oxygen atoms in total. The van der Waals surface area contributed by atoms with Gasteiger partial charge in [0.25, 0.3) is 0 Å². The largest absolute Gasteiger partial charge is 0.461 e. The van der Waals surface area contributed by atoms with Crippen LogP contribution in [0.5, 0.6) is 0 Å². The van der Waals surface area contributed by atoms with Gasteiger partial charge in [-0.1, -0.05) is 60.7 Å². The van der Waals surface area contributed by atoms with Gasteiger partial charge in [-0.15, -0.1) is 0 Å². The van der Waals surface area contributed by atoms with Crippen LogP contribution in [-0.4, -0.2) is 28.9 Å². The molecule has 0 radical (unpaired) electrons. The monoisotopic (exact) mass is 335 g/mol. The fraction of sp³-hybridized carbons (Fsp3) is 0.333. The third-order valence-electron chi connectivity index (χ3n) is 5.40. The molecule has 4 heteroatoms. The number of ether oxygens (including phenoxy) is 1. The van der Waals surface area contributed by atoms with Gasteiger partial charge in [-0.2, -0.15) is 0 Å². The molecule has 25 heavy (non-hydrogen) atoms. The second kappa shape index (κ2) is 6.03. The molecule has 2 aliphatic rings. The van der Waals surface area contributed by atoms with Crippen LogP contribution >= 0.6 is 0 Å². The minimum atomic E-state index is -0.880. The molecule has 2 aromatic carbocycles. The Morgan fingerprint density at radius 3 is 2.36 bits per heavy atom. The second-order valence-electron chi connectivity index (χ2n) is 7.10. The highest BCUT2D eigenvalue weighted by atomic mass is 16.5. The van der Waals surface area contributed by atoms with Crippen LogP contribution in [0, 0.1) is 5.92 Å². The highest BCUT2D eigenvalue weighted by Crippen LogP contribution is 2.45. The van der Waals surface area contributed by atoms with Crippen molar-refractivity contribution < 1.29 is 14.3 Å². The summed E-state index contributed by atoms with van der Waals surface area (Å²) in [6.07, 6.45) is 1.16. The number of hydrogen-bond donors (Lipinski definition) is 0.